The van der Waals surface area contributed by atoms with Gasteiger partial charge in [-0.2, -0.15) is 5.10 Å². The number of nitrogens with zero attached hydrogens (tertiary/aromatic N) is 3. The fourth-order valence-electron chi connectivity index (χ4n) is 4.42. The van der Waals surface area contributed by atoms with Gasteiger partial charge in [-0.15, -0.1) is 0 Å². The topological polar surface area (TPSA) is 88.2 Å². The Balaban J connectivity index is 1.45. The summed E-state index contributed by atoms with van der Waals surface area (Å²) in [5.74, 6) is -0.334. The predicted molar refractivity (Wildman–Crippen MR) is 128 cm³/mol. The third-order valence-electron chi connectivity index (χ3n) is 6.30. The van der Waals surface area contributed by atoms with Crippen LogP contribution in [0.1, 0.15) is 65.0 Å². The highest BCUT2D eigenvalue weighted by Gasteiger charge is 2.27. The molecule has 0 bridgehead atoms. The lowest BCUT2D eigenvalue weighted by atomic mass is 9.92. The molecule has 1 fully saturated rings. The normalized spacial score (nSPS) is 18.8. The summed E-state index contributed by atoms with van der Waals surface area (Å²) in [6.07, 6.45) is 5.85. The van der Waals surface area contributed by atoms with Gasteiger partial charge in [0.2, 0.25) is 0 Å². The molecule has 2 aliphatic rings. The van der Waals surface area contributed by atoms with Gasteiger partial charge < -0.3 is 10.5 Å². The molecule has 0 spiro atoms. The van der Waals surface area contributed by atoms with E-state index in [4.69, 9.17) is 10.5 Å². The maximum absolute atomic E-state index is 13.1. The van der Waals surface area contributed by atoms with E-state index in [9.17, 15) is 9.59 Å². The number of hydrogen-bond acceptors (Lipinski definition) is 7. The second kappa shape index (κ2) is 10.7. The van der Waals surface area contributed by atoms with Crippen LogP contribution in [-0.2, 0) is 16.0 Å². The average molecular weight is 449 g/mol. The van der Waals surface area contributed by atoms with Crippen molar-refractivity contribution >= 4 is 18.0 Å². The second-order valence-corrected chi connectivity index (χ2v) is 8.59. The minimum absolute atomic E-state index is 0.0490. The van der Waals surface area contributed by atoms with Crippen LogP contribution < -0.4 is 5.73 Å². The Morgan fingerprint density at radius 1 is 1.06 bits per heavy atom. The van der Waals surface area contributed by atoms with E-state index in [2.05, 4.69) is 10.1 Å². The number of carbonyl (C=O) groups excluding carboxylic acids is 2. The Hall–Kier alpha value is -3.03. The van der Waals surface area contributed by atoms with E-state index in [-0.39, 0.29) is 18.3 Å². The van der Waals surface area contributed by atoms with E-state index in [1.54, 1.807) is 6.92 Å². The molecule has 7 heteroatoms. The molecule has 1 atom stereocenters. The number of piperidine rings is 1. The smallest absolute Gasteiger partial charge is 0.320 e. The summed E-state index contributed by atoms with van der Waals surface area (Å²) >= 11 is 0. The molecule has 2 aromatic rings. The molecule has 0 aromatic heterocycles. The molecular formula is C26H32N4O3. The van der Waals surface area contributed by atoms with Crippen molar-refractivity contribution in [2.75, 3.05) is 32.8 Å². The van der Waals surface area contributed by atoms with Crippen LogP contribution in [-0.4, -0.2) is 60.7 Å². The number of ketones is 1. The zero-order chi connectivity index (χ0) is 23.2. The van der Waals surface area contributed by atoms with E-state index in [1.165, 1.54) is 19.3 Å². The minimum atomic E-state index is -0.445. The molecule has 2 heterocycles. The summed E-state index contributed by atoms with van der Waals surface area (Å²) < 4.78 is 5.06. The largest absolute Gasteiger partial charge is 0.465 e. The maximum atomic E-state index is 13.1. The van der Waals surface area contributed by atoms with Gasteiger partial charge in [-0.3, -0.25) is 19.5 Å². The van der Waals surface area contributed by atoms with Crippen molar-refractivity contribution in [2.24, 2.45) is 10.8 Å². The fraction of sp³-hybridized carbons (Fsp3) is 0.423. The first-order chi connectivity index (χ1) is 16.0. The number of nitrogens with two attached hydrogens (primary N) is 1. The van der Waals surface area contributed by atoms with Crippen LogP contribution in [0.2, 0.25) is 0 Å². The molecule has 0 amide bonds. The van der Waals surface area contributed by atoms with Crippen molar-refractivity contribution in [3.05, 3.63) is 70.3 Å². The van der Waals surface area contributed by atoms with Gasteiger partial charge >= 0.3 is 5.97 Å². The Morgan fingerprint density at radius 3 is 2.52 bits per heavy atom. The summed E-state index contributed by atoms with van der Waals surface area (Å²) in [6, 6.07) is 13.2. The Labute approximate surface area is 195 Å². The summed E-state index contributed by atoms with van der Waals surface area (Å²) in [5, 5.41) is 6.66. The van der Waals surface area contributed by atoms with E-state index >= 15 is 0 Å². The van der Waals surface area contributed by atoms with Gasteiger partial charge in [0, 0.05) is 30.8 Å². The lowest BCUT2D eigenvalue weighted by molar-refractivity contribution is -0.145. The number of hydrogen-bond donors (Lipinski definition) is 1. The highest BCUT2D eigenvalue weighted by molar-refractivity contribution is 6.09. The van der Waals surface area contributed by atoms with Gasteiger partial charge in [-0.1, -0.05) is 36.4 Å². The number of benzene rings is 2. The van der Waals surface area contributed by atoms with Crippen LogP contribution >= 0.6 is 0 Å². The van der Waals surface area contributed by atoms with Crippen molar-refractivity contribution in [2.45, 2.75) is 38.8 Å². The van der Waals surface area contributed by atoms with Gasteiger partial charge in [0.15, 0.2) is 5.78 Å². The van der Waals surface area contributed by atoms with Crippen molar-refractivity contribution < 1.29 is 14.3 Å². The Kier molecular flexibility index (Phi) is 7.52. The fourth-order valence-corrected chi connectivity index (χ4v) is 4.42. The molecule has 0 aliphatic carbocycles. The SMILES string of the molecule is CCOC(=O)CN1CCc2ccc(C(=O)c3ccc(C=NN4CCCCC4)cc3)cc2C1N. The molecule has 174 valence electrons. The van der Waals surface area contributed by atoms with Gasteiger partial charge in [0.1, 0.15) is 0 Å². The molecule has 33 heavy (non-hydrogen) atoms. The molecule has 4 rings (SSSR count). The summed E-state index contributed by atoms with van der Waals surface area (Å²) in [4.78, 5) is 26.9. The van der Waals surface area contributed by atoms with Crippen LogP contribution in [0.15, 0.2) is 47.6 Å². The van der Waals surface area contributed by atoms with Gasteiger partial charge in [0.25, 0.3) is 0 Å². The van der Waals surface area contributed by atoms with Crippen LogP contribution in [0.4, 0.5) is 0 Å². The zero-order valence-corrected chi connectivity index (χ0v) is 19.2. The third kappa shape index (κ3) is 5.67. The maximum Gasteiger partial charge on any atom is 0.320 e. The van der Waals surface area contributed by atoms with Crippen LogP contribution in [0, 0.1) is 0 Å². The summed E-state index contributed by atoms with van der Waals surface area (Å²) in [5.41, 5.74) is 10.6. The first-order valence-electron chi connectivity index (χ1n) is 11.8. The lowest BCUT2D eigenvalue weighted by Gasteiger charge is -2.34. The van der Waals surface area contributed by atoms with E-state index < -0.39 is 6.17 Å². The number of carbonyl (C=O) groups is 2. The van der Waals surface area contributed by atoms with E-state index in [1.807, 2.05) is 53.6 Å². The van der Waals surface area contributed by atoms with Gasteiger partial charge in [-0.05, 0) is 55.4 Å². The number of hydrazone groups is 1. The third-order valence-corrected chi connectivity index (χ3v) is 6.30. The van der Waals surface area contributed by atoms with Gasteiger partial charge in [-0.25, -0.2) is 0 Å². The van der Waals surface area contributed by atoms with Crippen LogP contribution in [0.25, 0.3) is 0 Å². The summed E-state index contributed by atoms with van der Waals surface area (Å²) in [7, 11) is 0. The molecule has 2 N–H and O–H groups in total. The number of ether oxygens (including phenoxy) is 1. The molecular weight excluding hydrogens is 416 g/mol. The number of rotatable bonds is 7. The molecule has 0 saturated carbocycles. The first-order valence-corrected chi connectivity index (χ1v) is 11.8. The molecule has 0 radical (unpaired) electrons. The molecule has 7 nitrogen and oxygen atoms in total. The first kappa shape index (κ1) is 23.1. The number of fused-ring (bicyclic) bond motifs is 1. The highest BCUT2D eigenvalue weighted by atomic mass is 16.5. The molecule has 2 aromatic carbocycles. The van der Waals surface area contributed by atoms with Crippen molar-refractivity contribution in [3.8, 4) is 0 Å². The Bertz CT molecular complexity index is 1010. The van der Waals surface area contributed by atoms with Crippen molar-refractivity contribution in [3.63, 3.8) is 0 Å². The van der Waals surface area contributed by atoms with Crippen LogP contribution in [0.3, 0.4) is 0 Å². The van der Waals surface area contributed by atoms with Crippen LogP contribution in [0.5, 0.6) is 0 Å². The molecule has 1 saturated heterocycles. The van der Waals surface area contributed by atoms with Crippen molar-refractivity contribution in [1.82, 2.24) is 9.91 Å². The quantitative estimate of drug-likeness (QED) is 0.398. The standard InChI is InChI=1S/C26H32N4O3/c1-2-33-24(31)18-29-15-12-20-10-11-22(16-23(20)26(29)27)25(32)21-8-6-19(7-9-21)17-28-30-13-4-3-5-14-30/h6-11,16-17,26H,2-5,12-15,18,27H2,1H3. The molecule has 2 aliphatic heterocycles. The zero-order valence-electron chi connectivity index (χ0n) is 19.2. The lowest BCUT2D eigenvalue weighted by Crippen LogP contribution is -2.43. The monoisotopic (exact) mass is 448 g/mol. The van der Waals surface area contributed by atoms with E-state index in [0.717, 1.165) is 36.2 Å². The minimum Gasteiger partial charge on any atom is -0.465 e. The summed E-state index contributed by atoms with van der Waals surface area (Å²) in [6.45, 7) is 4.97. The second-order valence-electron chi connectivity index (χ2n) is 8.59. The number of esters is 1. The van der Waals surface area contributed by atoms with E-state index in [0.29, 0.717) is 24.3 Å². The molecule has 1 unspecified atom stereocenters. The average Bonchev–Trinajstić information content (AvgIpc) is 2.85. The van der Waals surface area contributed by atoms with Crippen molar-refractivity contribution in [1.29, 1.82) is 0 Å². The Morgan fingerprint density at radius 2 is 1.79 bits per heavy atom. The highest BCUT2D eigenvalue weighted by Crippen LogP contribution is 2.28. The predicted octanol–water partition coefficient (Wildman–Crippen LogP) is 3.12. The van der Waals surface area contributed by atoms with Gasteiger partial charge in [0.05, 0.1) is 25.5 Å².